The molecule has 0 atom stereocenters. The second-order valence-electron chi connectivity index (χ2n) is 5.04. The van der Waals surface area contributed by atoms with Crippen molar-refractivity contribution >= 4 is 34.1 Å². The van der Waals surface area contributed by atoms with Crippen LogP contribution in [0.1, 0.15) is 30.5 Å². The van der Waals surface area contributed by atoms with Gasteiger partial charge in [0.1, 0.15) is 5.76 Å². The molecule has 1 aromatic carbocycles. The number of aryl methyl sites for hydroxylation is 2. The van der Waals surface area contributed by atoms with Gasteiger partial charge in [0.2, 0.25) is 5.12 Å². The molecule has 2 nitrogen and oxygen atoms in total. The fourth-order valence-corrected chi connectivity index (χ4v) is 3.22. The number of aliphatic hydroxyl groups excluding tert-OH is 1. The van der Waals surface area contributed by atoms with E-state index in [0.29, 0.717) is 16.2 Å². The number of benzene rings is 1. The van der Waals surface area contributed by atoms with Crippen molar-refractivity contribution in [2.24, 2.45) is 0 Å². The van der Waals surface area contributed by atoms with Gasteiger partial charge < -0.3 is 5.11 Å². The lowest BCUT2D eigenvalue weighted by Gasteiger charge is -2.15. The molecule has 0 radical (unpaired) electrons. The van der Waals surface area contributed by atoms with Gasteiger partial charge in [-0.1, -0.05) is 23.4 Å². The molecular formula is C14H15ClO2S. The highest BCUT2D eigenvalue weighted by atomic mass is 35.5. The first-order valence-electron chi connectivity index (χ1n) is 5.68. The Kier molecular flexibility index (Phi) is 3.24. The average Bonchev–Trinajstić information content (AvgIpc) is 2.43. The Morgan fingerprint density at radius 3 is 2.28 bits per heavy atom. The number of hydrogen-bond acceptors (Lipinski definition) is 3. The summed E-state index contributed by atoms with van der Waals surface area (Å²) in [4.78, 5) is 12.0. The van der Waals surface area contributed by atoms with Crippen LogP contribution in [0.3, 0.4) is 0 Å². The van der Waals surface area contributed by atoms with Crippen molar-refractivity contribution < 1.29 is 9.90 Å². The van der Waals surface area contributed by atoms with E-state index in [1.54, 1.807) is 0 Å². The maximum absolute atomic E-state index is 12.0. The van der Waals surface area contributed by atoms with Gasteiger partial charge in [0.05, 0.1) is 10.3 Å². The quantitative estimate of drug-likeness (QED) is 0.835. The Morgan fingerprint density at radius 1 is 1.22 bits per heavy atom. The van der Waals surface area contributed by atoms with E-state index in [4.69, 9.17) is 11.6 Å². The first-order valence-corrected chi connectivity index (χ1v) is 6.87. The summed E-state index contributed by atoms with van der Waals surface area (Å²) in [5.74, 6) is 0.114. The standard InChI is InChI=1S/C14H15ClO2S/c1-7-5-9(10(15)6-8(7)2)11-12(16)14(3,4)18-13(11)17/h5-6,16H,1-4H3. The lowest BCUT2D eigenvalue weighted by atomic mass is 9.97. The molecule has 2 rings (SSSR count). The second kappa shape index (κ2) is 4.32. The summed E-state index contributed by atoms with van der Waals surface area (Å²) >= 11 is 7.33. The highest BCUT2D eigenvalue weighted by molar-refractivity contribution is 8.16. The van der Waals surface area contributed by atoms with E-state index in [1.807, 2.05) is 39.8 Å². The third kappa shape index (κ3) is 2.06. The number of thioether (sulfide) groups is 1. The Hall–Kier alpha value is -0.930. The average molecular weight is 283 g/mol. The number of carbonyl (C=O) groups excluding carboxylic acids is 1. The Balaban J connectivity index is 2.66. The van der Waals surface area contributed by atoms with Crippen LogP contribution >= 0.6 is 23.4 Å². The van der Waals surface area contributed by atoms with E-state index in [-0.39, 0.29) is 10.9 Å². The molecule has 0 saturated heterocycles. The van der Waals surface area contributed by atoms with E-state index < -0.39 is 4.75 Å². The zero-order valence-electron chi connectivity index (χ0n) is 10.8. The van der Waals surface area contributed by atoms with Crippen molar-refractivity contribution in [3.05, 3.63) is 39.6 Å². The second-order valence-corrected chi connectivity index (χ2v) is 7.04. The first-order chi connectivity index (χ1) is 8.24. The molecule has 0 amide bonds. The van der Waals surface area contributed by atoms with Gasteiger partial charge in [-0.25, -0.2) is 0 Å². The molecule has 1 aliphatic rings. The van der Waals surface area contributed by atoms with Gasteiger partial charge in [0, 0.05) is 10.6 Å². The smallest absolute Gasteiger partial charge is 0.224 e. The number of aliphatic hydroxyl groups is 1. The van der Waals surface area contributed by atoms with Crippen molar-refractivity contribution in [3.63, 3.8) is 0 Å². The van der Waals surface area contributed by atoms with Crippen LogP contribution in [0, 0.1) is 13.8 Å². The van der Waals surface area contributed by atoms with E-state index in [0.717, 1.165) is 22.9 Å². The van der Waals surface area contributed by atoms with Gasteiger partial charge in [-0.15, -0.1) is 0 Å². The molecule has 1 N–H and O–H groups in total. The Labute approximate surface area is 116 Å². The van der Waals surface area contributed by atoms with Gasteiger partial charge in [0.25, 0.3) is 0 Å². The van der Waals surface area contributed by atoms with Crippen molar-refractivity contribution in [3.8, 4) is 0 Å². The largest absolute Gasteiger partial charge is 0.510 e. The summed E-state index contributed by atoms with van der Waals surface area (Å²) in [7, 11) is 0. The van der Waals surface area contributed by atoms with Gasteiger partial charge in [-0.3, -0.25) is 4.79 Å². The van der Waals surface area contributed by atoms with Crippen LogP contribution in [0.15, 0.2) is 17.9 Å². The minimum absolute atomic E-state index is 0.114. The molecule has 0 aromatic heterocycles. The molecule has 4 heteroatoms. The Bertz CT molecular complexity index is 573. The highest BCUT2D eigenvalue weighted by Gasteiger charge is 2.41. The molecule has 1 aliphatic heterocycles. The van der Waals surface area contributed by atoms with Gasteiger partial charge >= 0.3 is 0 Å². The fourth-order valence-electron chi connectivity index (χ4n) is 1.94. The lowest BCUT2D eigenvalue weighted by Crippen LogP contribution is -2.14. The van der Waals surface area contributed by atoms with Crippen molar-refractivity contribution in [2.75, 3.05) is 0 Å². The summed E-state index contributed by atoms with van der Waals surface area (Å²) in [6, 6.07) is 3.69. The first kappa shape index (κ1) is 13.5. The maximum atomic E-state index is 12.0. The van der Waals surface area contributed by atoms with Crippen LogP contribution in [-0.4, -0.2) is 15.0 Å². The molecular weight excluding hydrogens is 268 g/mol. The molecule has 0 aliphatic carbocycles. The monoisotopic (exact) mass is 282 g/mol. The topological polar surface area (TPSA) is 37.3 Å². The van der Waals surface area contributed by atoms with Gasteiger partial charge in [-0.2, -0.15) is 0 Å². The normalized spacial score (nSPS) is 18.6. The fraction of sp³-hybridized carbons (Fsp3) is 0.357. The molecule has 1 heterocycles. The molecule has 0 unspecified atom stereocenters. The minimum Gasteiger partial charge on any atom is -0.510 e. The zero-order valence-corrected chi connectivity index (χ0v) is 12.4. The predicted octanol–water partition coefficient (Wildman–Crippen LogP) is 4.28. The highest BCUT2D eigenvalue weighted by Crippen LogP contribution is 2.47. The lowest BCUT2D eigenvalue weighted by molar-refractivity contribution is -0.106. The summed E-state index contributed by atoms with van der Waals surface area (Å²) in [6.45, 7) is 7.58. The summed E-state index contributed by atoms with van der Waals surface area (Å²) in [6.07, 6.45) is 0. The summed E-state index contributed by atoms with van der Waals surface area (Å²) in [5.41, 5.74) is 3.09. The Morgan fingerprint density at radius 2 is 1.78 bits per heavy atom. The number of carbonyl (C=O) groups is 1. The summed E-state index contributed by atoms with van der Waals surface area (Å²) in [5, 5.41) is 10.6. The van der Waals surface area contributed by atoms with E-state index >= 15 is 0 Å². The number of hydrogen-bond donors (Lipinski definition) is 1. The van der Waals surface area contributed by atoms with Gasteiger partial charge in [0.15, 0.2) is 0 Å². The van der Waals surface area contributed by atoms with E-state index in [2.05, 4.69) is 0 Å². The SMILES string of the molecule is Cc1cc(Cl)c(C2=C(O)C(C)(C)SC2=O)cc1C. The summed E-state index contributed by atoms with van der Waals surface area (Å²) < 4.78 is -0.575. The third-order valence-corrected chi connectivity index (χ3v) is 4.62. The van der Waals surface area contributed by atoms with E-state index in [9.17, 15) is 9.90 Å². The molecule has 0 bridgehead atoms. The van der Waals surface area contributed by atoms with Crippen LogP contribution in [0.2, 0.25) is 5.02 Å². The molecule has 0 fully saturated rings. The van der Waals surface area contributed by atoms with Crippen molar-refractivity contribution in [2.45, 2.75) is 32.4 Å². The molecule has 0 spiro atoms. The molecule has 96 valence electrons. The van der Waals surface area contributed by atoms with Crippen LogP contribution in [0.5, 0.6) is 0 Å². The van der Waals surface area contributed by atoms with Crippen LogP contribution < -0.4 is 0 Å². The van der Waals surface area contributed by atoms with Crippen molar-refractivity contribution in [1.29, 1.82) is 0 Å². The predicted molar refractivity (Wildman–Crippen MR) is 77.2 cm³/mol. The maximum Gasteiger partial charge on any atom is 0.224 e. The zero-order chi connectivity index (χ0) is 13.7. The molecule has 18 heavy (non-hydrogen) atoms. The third-order valence-electron chi connectivity index (χ3n) is 3.21. The van der Waals surface area contributed by atoms with Gasteiger partial charge in [-0.05, 0) is 51.0 Å². The van der Waals surface area contributed by atoms with Crippen molar-refractivity contribution in [1.82, 2.24) is 0 Å². The minimum atomic E-state index is -0.575. The number of halogens is 1. The molecule has 1 aromatic rings. The molecule has 0 saturated carbocycles. The number of rotatable bonds is 1. The van der Waals surface area contributed by atoms with E-state index in [1.165, 1.54) is 0 Å². The van der Waals surface area contributed by atoms with Crippen LogP contribution in [0.4, 0.5) is 0 Å². The van der Waals surface area contributed by atoms with Crippen LogP contribution in [0.25, 0.3) is 5.57 Å². The van der Waals surface area contributed by atoms with Crippen LogP contribution in [-0.2, 0) is 4.79 Å².